The average molecular weight is 279 g/mol. The van der Waals surface area contributed by atoms with E-state index in [1.807, 2.05) is 31.2 Å². The molecule has 0 aromatic heterocycles. The van der Waals surface area contributed by atoms with Crippen molar-refractivity contribution in [2.24, 2.45) is 11.0 Å². The molecule has 21 heavy (non-hydrogen) atoms. The normalized spacial score (nSPS) is 16.8. The summed E-state index contributed by atoms with van der Waals surface area (Å²) in [5.74, 6) is -0.00329. The van der Waals surface area contributed by atoms with E-state index < -0.39 is 0 Å². The molecular weight excluding hydrogens is 266 g/mol. The molecule has 1 aromatic carbocycles. The van der Waals surface area contributed by atoms with Gasteiger partial charge in [0, 0.05) is 24.2 Å². The molecule has 1 aliphatic heterocycles. The second kappa shape index (κ2) is 6.36. The molecule has 1 amide bonds. The van der Waals surface area contributed by atoms with Gasteiger partial charge in [0.1, 0.15) is 17.7 Å². The Morgan fingerprint density at radius 3 is 2.62 bits per heavy atom. The predicted molar refractivity (Wildman–Crippen MR) is 77.8 cm³/mol. The third-order valence-electron chi connectivity index (χ3n) is 3.06. The SMILES string of the molecule is CC1CC(=O)NN=C1c1ccc(NC=C(C#N)C#N)cc1. The summed E-state index contributed by atoms with van der Waals surface area (Å²) < 4.78 is 0. The Hall–Kier alpha value is -3.12. The quantitative estimate of drug-likeness (QED) is 0.825. The van der Waals surface area contributed by atoms with Crippen LogP contribution in [0.1, 0.15) is 18.9 Å². The largest absolute Gasteiger partial charge is 0.360 e. The van der Waals surface area contributed by atoms with Gasteiger partial charge in [-0.3, -0.25) is 4.79 Å². The minimum atomic E-state index is -0.0739. The molecule has 1 atom stereocenters. The molecule has 6 nitrogen and oxygen atoms in total. The molecule has 2 rings (SSSR count). The maximum absolute atomic E-state index is 11.2. The first-order chi connectivity index (χ1) is 10.1. The van der Waals surface area contributed by atoms with Gasteiger partial charge in [-0.25, -0.2) is 5.43 Å². The molecule has 0 aliphatic carbocycles. The Bertz CT molecular complexity index is 672. The number of carbonyl (C=O) groups excluding carboxylic acids is 1. The molecule has 0 fully saturated rings. The Morgan fingerprint density at radius 2 is 2.05 bits per heavy atom. The molecule has 0 saturated carbocycles. The highest BCUT2D eigenvalue weighted by Crippen LogP contribution is 2.18. The van der Waals surface area contributed by atoms with Crippen LogP contribution in [0.25, 0.3) is 0 Å². The van der Waals surface area contributed by atoms with E-state index >= 15 is 0 Å². The number of hydrogen-bond acceptors (Lipinski definition) is 5. The fourth-order valence-electron chi connectivity index (χ4n) is 1.98. The Labute approximate surface area is 122 Å². The second-order valence-electron chi connectivity index (χ2n) is 4.64. The number of anilines is 1. The van der Waals surface area contributed by atoms with Gasteiger partial charge < -0.3 is 5.32 Å². The van der Waals surface area contributed by atoms with Gasteiger partial charge in [0.15, 0.2) is 0 Å². The Kier molecular flexibility index (Phi) is 4.33. The molecule has 6 heteroatoms. The summed E-state index contributed by atoms with van der Waals surface area (Å²) in [6.07, 6.45) is 1.78. The lowest BCUT2D eigenvalue weighted by Crippen LogP contribution is -2.31. The Balaban J connectivity index is 2.13. The van der Waals surface area contributed by atoms with Crippen LogP contribution in [-0.4, -0.2) is 11.6 Å². The number of rotatable bonds is 3. The fraction of sp³-hybridized carbons (Fsp3) is 0.200. The number of carbonyl (C=O) groups is 1. The van der Waals surface area contributed by atoms with Crippen molar-refractivity contribution in [2.45, 2.75) is 13.3 Å². The van der Waals surface area contributed by atoms with Gasteiger partial charge in [-0.05, 0) is 17.7 Å². The highest BCUT2D eigenvalue weighted by atomic mass is 16.2. The predicted octanol–water partition coefficient (Wildman–Crippen LogP) is 1.89. The first-order valence-electron chi connectivity index (χ1n) is 6.38. The van der Waals surface area contributed by atoms with E-state index in [1.165, 1.54) is 6.20 Å². The molecule has 1 unspecified atom stereocenters. The smallest absolute Gasteiger partial charge is 0.240 e. The first-order valence-corrected chi connectivity index (χ1v) is 6.38. The van der Waals surface area contributed by atoms with Crippen LogP contribution in [0.5, 0.6) is 0 Å². The summed E-state index contributed by atoms with van der Waals surface area (Å²) >= 11 is 0. The van der Waals surface area contributed by atoms with Gasteiger partial charge >= 0.3 is 0 Å². The van der Waals surface area contributed by atoms with Crippen molar-refractivity contribution in [3.63, 3.8) is 0 Å². The van der Waals surface area contributed by atoms with E-state index in [0.717, 1.165) is 17.0 Å². The molecule has 1 aliphatic rings. The van der Waals surface area contributed by atoms with Gasteiger partial charge in [-0.2, -0.15) is 15.6 Å². The van der Waals surface area contributed by atoms with Crippen molar-refractivity contribution >= 4 is 17.3 Å². The molecule has 104 valence electrons. The monoisotopic (exact) mass is 279 g/mol. The maximum atomic E-state index is 11.2. The maximum Gasteiger partial charge on any atom is 0.240 e. The zero-order valence-electron chi connectivity index (χ0n) is 11.4. The summed E-state index contributed by atoms with van der Waals surface area (Å²) in [6.45, 7) is 1.96. The van der Waals surface area contributed by atoms with E-state index in [-0.39, 0.29) is 17.4 Å². The first kappa shape index (κ1) is 14.3. The third kappa shape index (κ3) is 3.46. The summed E-state index contributed by atoms with van der Waals surface area (Å²) in [6, 6.07) is 10.9. The fourth-order valence-corrected chi connectivity index (χ4v) is 1.98. The molecule has 1 heterocycles. The number of benzene rings is 1. The van der Waals surface area contributed by atoms with Crippen LogP contribution in [0.3, 0.4) is 0 Å². The van der Waals surface area contributed by atoms with Crippen LogP contribution in [0.15, 0.2) is 41.1 Å². The molecule has 0 radical (unpaired) electrons. The minimum Gasteiger partial charge on any atom is -0.360 e. The minimum absolute atomic E-state index is 0.00654. The van der Waals surface area contributed by atoms with E-state index in [2.05, 4.69) is 15.8 Å². The summed E-state index contributed by atoms with van der Waals surface area (Å²) in [5.41, 5.74) is 5.02. The number of amides is 1. The number of nitrogens with one attached hydrogen (secondary N) is 2. The lowest BCUT2D eigenvalue weighted by Gasteiger charge is -2.19. The molecule has 0 saturated heterocycles. The van der Waals surface area contributed by atoms with Crippen LogP contribution in [0.4, 0.5) is 5.69 Å². The topological polar surface area (TPSA) is 101 Å². The van der Waals surface area contributed by atoms with Crippen molar-refractivity contribution in [1.29, 1.82) is 10.5 Å². The van der Waals surface area contributed by atoms with E-state index in [4.69, 9.17) is 10.5 Å². The van der Waals surface area contributed by atoms with E-state index in [9.17, 15) is 4.79 Å². The summed E-state index contributed by atoms with van der Waals surface area (Å²) in [7, 11) is 0. The summed E-state index contributed by atoms with van der Waals surface area (Å²) in [4.78, 5) is 11.2. The standard InChI is InChI=1S/C15H13N5O/c1-10-6-14(21)19-20-15(10)12-2-4-13(5-3-12)18-9-11(7-16)8-17/h2-5,9-10,18H,6H2,1H3,(H,19,21). The molecule has 0 bridgehead atoms. The van der Waals surface area contributed by atoms with Crippen LogP contribution in [0, 0.1) is 28.6 Å². The van der Waals surface area contributed by atoms with Crippen LogP contribution in [0.2, 0.25) is 0 Å². The number of nitriles is 2. The molecule has 2 N–H and O–H groups in total. The lowest BCUT2D eigenvalue weighted by molar-refractivity contribution is -0.121. The van der Waals surface area contributed by atoms with E-state index in [0.29, 0.717) is 6.42 Å². The van der Waals surface area contributed by atoms with Crippen molar-refractivity contribution in [2.75, 3.05) is 5.32 Å². The Morgan fingerprint density at radius 1 is 1.38 bits per heavy atom. The van der Waals surface area contributed by atoms with Gasteiger partial charge in [0.2, 0.25) is 5.91 Å². The van der Waals surface area contributed by atoms with E-state index in [1.54, 1.807) is 12.1 Å². The van der Waals surface area contributed by atoms with Crippen LogP contribution >= 0.6 is 0 Å². The van der Waals surface area contributed by atoms with Gasteiger partial charge in [-0.1, -0.05) is 19.1 Å². The summed E-state index contributed by atoms with van der Waals surface area (Å²) in [5, 5.41) is 24.2. The molecule has 0 spiro atoms. The van der Waals surface area contributed by atoms with Crippen molar-refractivity contribution in [3.8, 4) is 12.1 Å². The zero-order valence-corrected chi connectivity index (χ0v) is 11.4. The van der Waals surface area contributed by atoms with Crippen LogP contribution in [-0.2, 0) is 4.79 Å². The van der Waals surface area contributed by atoms with Gasteiger partial charge in [0.25, 0.3) is 0 Å². The zero-order chi connectivity index (χ0) is 15.2. The highest BCUT2D eigenvalue weighted by molar-refractivity contribution is 6.05. The number of hydrogen-bond donors (Lipinski definition) is 2. The van der Waals surface area contributed by atoms with Gasteiger partial charge in [-0.15, -0.1) is 0 Å². The van der Waals surface area contributed by atoms with Crippen molar-refractivity contribution in [1.82, 2.24) is 5.43 Å². The number of allylic oxidation sites excluding steroid dienone is 1. The highest BCUT2D eigenvalue weighted by Gasteiger charge is 2.21. The van der Waals surface area contributed by atoms with Crippen LogP contribution < -0.4 is 10.7 Å². The molecular formula is C15H13N5O. The average Bonchev–Trinajstić information content (AvgIpc) is 2.49. The second-order valence-corrected chi connectivity index (χ2v) is 4.64. The number of hydrazone groups is 1. The van der Waals surface area contributed by atoms with Crippen molar-refractivity contribution in [3.05, 3.63) is 41.6 Å². The molecule has 1 aromatic rings. The van der Waals surface area contributed by atoms with Gasteiger partial charge in [0.05, 0.1) is 5.71 Å². The van der Waals surface area contributed by atoms with Crippen molar-refractivity contribution < 1.29 is 4.79 Å². The number of nitrogens with zero attached hydrogens (tertiary/aromatic N) is 3. The lowest BCUT2D eigenvalue weighted by atomic mass is 9.94. The third-order valence-corrected chi connectivity index (χ3v) is 3.06.